The van der Waals surface area contributed by atoms with E-state index in [0.29, 0.717) is 5.15 Å². The summed E-state index contributed by atoms with van der Waals surface area (Å²) in [5.74, 6) is 0. The summed E-state index contributed by atoms with van der Waals surface area (Å²) in [5, 5.41) is 1.52. The molecular formula is C16H16Cl2N4. The molecule has 2 aromatic heterocycles. The van der Waals surface area contributed by atoms with E-state index in [0.717, 1.165) is 37.1 Å². The number of nitrogens with zero attached hydrogens (tertiary/aromatic N) is 3. The first-order valence-electron chi connectivity index (χ1n) is 7.07. The SMILES string of the molecule is Cl.Clc1ncnc2[nH]c3c(c12)CN(Cc1ccccc1)CC3. The Morgan fingerprint density at radius 3 is 2.82 bits per heavy atom. The molecule has 6 heteroatoms. The first kappa shape index (κ1) is 15.3. The van der Waals surface area contributed by atoms with Crippen molar-refractivity contribution in [1.82, 2.24) is 19.9 Å². The minimum Gasteiger partial charge on any atom is -0.343 e. The molecule has 0 radical (unpaired) electrons. The second-order valence-electron chi connectivity index (χ2n) is 5.42. The molecule has 0 bridgehead atoms. The summed E-state index contributed by atoms with van der Waals surface area (Å²) in [6, 6.07) is 10.6. The first-order chi connectivity index (χ1) is 10.3. The maximum absolute atomic E-state index is 6.25. The molecule has 0 unspecified atom stereocenters. The summed E-state index contributed by atoms with van der Waals surface area (Å²) in [5.41, 5.74) is 4.68. The van der Waals surface area contributed by atoms with E-state index >= 15 is 0 Å². The third-order valence-electron chi connectivity index (χ3n) is 4.05. The fraction of sp³-hybridized carbons (Fsp3) is 0.250. The minimum absolute atomic E-state index is 0. The van der Waals surface area contributed by atoms with E-state index in [2.05, 4.69) is 50.2 Å². The summed E-state index contributed by atoms with van der Waals surface area (Å²) in [6.45, 7) is 2.88. The third kappa shape index (κ3) is 2.70. The van der Waals surface area contributed by atoms with Gasteiger partial charge < -0.3 is 4.98 Å². The molecule has 0 atom stereocenters. The van der Waals surface area contributed by atoms with Crippen molar-refractivity contribution in [3.05, 3.63) is 58.6 Å². The van der Waals surface area contributed by atoms with Crippen LogP contribution < -0.4 is 0 Å². The van der Waals surface area contributed by atoms with Gasteiger partial charge in [0.1, 0.15) is 17.1 Å². The zero-order chi connectivity index (χ0) is 14.2. The number of rotatable bonds is 2. The Bertz CT molecular complexity index is 785. The number of hydrogen-bond acceptors (Lipinski definition) is 3. The van der Waals surface area contributed by atoms with E-state index in [9.17, 15) is 0 Å². The smallest absolute Gasteiger partial charge is 0.142 e. The van der Waals surface area contributed by atoms with E-state index in [1.807, 2.05) is 0 Å². The number of aromatic nitrogens is 3. The maximum Gasteiger partial charge on any atom is 0.142 e. The normalized spacial score (nSPS) is 14.6. The fourth-order valence-corrected chi connectivity index (χ4v) is 3.28. The van der Waals surface area contributed by atoms with E-state index < -0.39 is 0 Å². The number of nitrogens with one attached hydrogen (secondary N) is 1. The first-order valence-corrected chi connectivity index (χ1v) is 7.45. The predicted molar refractivity (Wildman–Crippen MR) is 90.4 cm³/mol. The summed E-state index contributed by atoms with van der Waals surface area (Å²) in [6.07, 6.45) is 2.50. The highest BCUT2D eigenvalue weighted by atomic mass is 35.5. The Labute approximate surface area is 139 Å². The lowest BCUT2D eigenvalue weighted by Crippen LogP contribution is -2.29. The van der Waals surface area contributed by atoms with Gasteiger partial charge in [0.05, 0.1) is 5.39 Å². The van der Waals surface area contributed by atoms with Crippen LogP contribution >= 0.6 is 24.0 Å². The van der Waals surface area contributed by atoms with Crippen molar-refractivity contribution < 1.29 is 0 Å². The number of halogens is 2. The van der Waals surface area contributed by atoms with Crippen LogP contribution in [-0.4, -0.2) is 26.4 Å². The summed E-state index contributed by atoms with van der Waals surface area (Å²) in [4.78, 5) is 14.2. The van der Waals surface area contributed by atoms with Gasteiger partial charge in [-0.05, 0) is 11.1 Å². The molecule has 1 aromatic carbocycles. The molecule has 0 saturated carbocycles. The summed E-state index contributed by atoms with van der Waals surface area (Å²) in [7, 11) is 0. The Kier molecular flexibility index (Phi) is 4.34. The number of H-pyrrole nitrogens is 1. The van der Waals surface area contributed by atoms with Crippen molar-refractivity contribution >= 4 is 35.0 Å². The summed E-state index contributed by atoms with van der Waals surface area (Å²) < 4.78 is 0. The van der Waals surface area contributed by atoms with E-state index in [1.165, 1.54) is 23.1 Å². The molecule has 22 heavy (non-hydrogen) atoms. The fourth-order valence-electron chi connectivity index (χ4n) is 3.03. The predicted octanol–water partition coefficient (Wildman–Crippen LogP) is 3.59. The number of fused-ring (bicyclic) bond motifs is 3. The van der Waals surface area contributed by atoms with E-state index in [1.54, 1.807) is 0 Å². The lowest BCUT2D eigenvalue weighted by atomic mass is 10.1. The Hall–Kier alpha value is -1.62. The van der Waals surface area contributed by atoms with Crippen LogP contribution in [0.3, 0.4) is 0 Å². The second kappa shape index (κ2) is 6.24. The van der Waals surface area contributed by atoms with Crippen LogP contribution in [0.15, 0.2) is 36.7 Å². The molecule has 0 spiro atoms. The van der Waals surface area contributed by atoms with Crippen LogP contribution in [0.4, 0.5) is 0 Å². The monoisotopic (exact) mass is 334 g/mol. The van der Waals surface area contributed by atoms with Gasteiger partial charge >= 0.3 is 0 Å². The Balaban J connectivity index is 0.00000144. The molecule has 114 valence electrons. The average molecular weight is 335 g/mol. The molecule has 4 nitrogen and oxygen atoms in total. The lowest BCUT2D eigenvalue weighted by Gasteiger charge is -2.27. The molecule has 1 aliphatic heterocycles. The highest BCUT2D eigenvalue weighted by Gasteiger charge is 2.22. The van der Waals surface area contributed by atoms with Crippen LogP contribution in [0, 0.1) is 0 Å². The van der Waals surface area contributed by atoms with Gasteiger partial charge in [0.25, 0.3) is 0 Å². The van der Waals surface area contributed by atoms with Crippen molar-refractivity contribution in [3.63, 3.8) is 0 Å². The molecule has 0 saturated heterocycles. The molecule has 1 aliphatic rings. The maximum atomic E-state index is 6.25. The van der Waals surface area contributed by atoms with Gasteiger partial charge in [-0.3, -0.25) is 4.90 Å². The van der Waals surface area contributed by atoms with Gasteiger partial charge in [0.15, 0.2) is 0 Å². The van der Waals surface area contributed by atoms with Gasteiger partial charge in [-0.2, -0.15) is 0 Å². The highest BCUT2D eigenvalue weighted by molar-refractivity contribution is 6.34. The molecule has 3 aromatic rings. The molecule has 3 heterocycles. The van der Waals surface area contributed by atoms with Gasteiger partial charge in [-0.1, -0.05) is 41.9 Å². The highest BCUT2D eigenvalue weighted by Crippen LogP contribution is 2.30. The van der Waals surface area contributed by atoms with Crippen LogP contribution in [0.5, 0.6) is 0 Å². The molecule has 0 aliphatic carbocycles. The molecule has 0 fully saturated rings. The Morgan fingerprint density at radius 1 is 1.18 bits per heavy atom. The van der Waals surface area contributed by atoms with Crippen LogP contribution in [-0.2, 0) is 19.5 Å². The van der Waals surface area contributed by atoms with Crippen molar-refractivity contribution in [3.8, 4) is 0 Å². The van der Waals surface area contributed by atoms with Crippen molar-refractivity contribution in [1.29, 1.82) is 0 Å². The third-order valence-corrected chi connectivity index (χ3v) is 4.33. The average Bonchev–Trinajstić information content (AvgIpc) is 2.87. The molecule has 1 N–H and O–H groups in total. The standard InChI is InChI=1S/C16H15ClN4.ClH/c17-15-14-12-9-21(8-11-4-2-1-3-5-11)7-6-13(12)20-16(14)19-10-18-15;/h1-5,10H,6-9H2,(H,18,19,20);1H. The lowest BCUT2D eigenvalue weighted by molar-refractivity contribution is 0.245. The van der Waals surface area contributed by atoms with Gasteiger partial charge in [-0.25, -0.2) is 9.97 Å². The van der Waals surface area contributed by atoms with E-state index in [4.69, 9.17) is 11.6 Å². The largest absolute Gasteiger partial charge is 0.343 e. The summed E-state index contributed by atoms with van der Waals surface area (Å²) >= 11 is 6.25. The van der Waals surface area contributed by atoms with Crippen molar-refractivity contribution in [2.75, 3.05) is 6.54 Å². The van der Waals surface area contributed by atoms with Gasteiger partial charge in [-0.15, -0.1) is 12.4 Å². The quantitative estimate of drug-likeness (QED) is 0.728. The van der Waals surface area contributed by atoms with Crippen LogP contribution in [0.2, 0.25) is 5.15 Å². The van der Waals surface area contributed by atoms with Gasteiger partial charge in [0, 0.05) is 31.7 Å². The molecular weight excluding hydrogens is 319 g/mol. The van der Waals surface area contributed by atoms with Crippen molar-refractivity contribution in [2.45, 2.75) is 19.5 Å². The Morgan fingerprint density at radius 2 is 2.00 bits per heavy atom. The topological polar surface area (TPSA) is 44.8 Å². The zero-order valence-electron chi connectivity index (χ0n) is 11.9. The van der Waals surface area contributed by atoms with Gasteiger partial charge in [0.2, 0.25) is 0 Å². The van der Waals surface area contributed by atoms with E-state index in [-0.39, 0.29) is 12.4 Å². The van der Waals surface area contributed by atoms with Crippen LogP contribution in [0.1, 0.15) is 16.8 Å². The van der Waals surface area contributed by atoms with Crippen LogP contribution in [0.25, 0.3) is 11.0 Å². The number of hydrogen-bond donors (Lipinski definition) is 1. The zero-order valence-corrected chi connectivity index (χ0v) is 13.5. The second-order valence-corrected chi connectivity index (χ2v) is 5.77. The number of aromatic amines is 1. The molecule has 0 amide bonds. The van der Waals surface area contributed by atoms with Crippen molar-refractivity contribution in [2.24, 2.45) is 0 Å². The molecule has 4 rings (SSSR count). The minimum atomic E-state index is 0. The number of benzene rings is 1.